The van der Waals surface area contributed by atoms with E-state index in [1.54, 1.807) is 25.3 Å². The zero-order chi connectivity index (χ0) is 33.3. The van der Waals surface area contributed by atoms with Crippen LogP contribution in [0.3, 0.4) is 0 Å². The molecule has 0 radical (unpaired) electrons. The summed E-state index contributed by atoms with van der Waals surface area (Å²) in [4.78, 5) is 36.8. The number of aromatic nitrogens is 7. The lowest BCUT2D eigenvalue weighted by Gasteiger charge is -2.30. The summed E-state index contributed by atoms with van der Waals surface area (Å²) in [6, 6.07) is 5.30. The van der Waals surface area contributed by atoms with Gasteiger partial charge in [-0.3, -0.25) is 4.79 Å². The number of thiazole rings is 1. The first kappa shape index (κ1) is 30.3. The summed E-state index contributed by atoms with van der Waals surface area (Å²) in [6.45, 7) is 2.90. The predicted octanol–water partition coefficient (Wildman–Crippen LogP) is 4.56. The highest BCUT2D eigenvalue weighted by atomic mass is 32.1. The molecule has 1 amide bonds. The Morgan fingerprint density at radius 2 is 1.88 bits per heavy atom. The van der Waals surface area contributed by atoms with E-state index in [9.17, 15) is 18.0 Å². The van der Waals surface area contributed by atoms with Gasteiger partial charge in [-0.05, 0) is 31.5 Å². The summed E-state index contributed by atoms with van der Waals surface area (Å²) < 4.78 is 52.5. The number of methoxy groups -OCH3 is 1. The molecule has 1 saturated heterocycles. The van der Waals surface area contributed by atoms with Crippen molar-refractivity contribution in [1.82, 2.24) is 39.2 Å². The molecule has 16 heteroatoms. The minimum absolute atomic E-state index is 0.0304. The molecule has 1 unspecified atom stereocenters. The molecule has 3 atom stereocenters. The van der Waals surface area contributed by atoms with E-state index in [0.717, 1.165) is 22.5 Å². The molecule has 6 heterocycles. The maximum absolute atomic E-state index is 14.9. The molecule has 4 bridgehead atoms. The number of hydrogen-bond donors (Lipinski definition) is 1. The third kappa shape index (κ3) is 5.02. The number of nitrogens with one attached hydrogen (secondary N) is 1. The van der Waals surface area contributed by atoms with Gasteiger partial charge in [0.1, 0.15) is 41.3 Å². The molecular formula is C32H29F3N10O2S. The zero-order valence-electron chi connectivity index (χ0n) is 26.1. The van der Waals surface area contributed by atoms with E-state index in [-0.39, 0.29) is 24.2 Å². The van der Waals surface area contributed by atoms with Crippen LogP contribution in [-0.2, 0) is 16.1 Å². The first-order chi connectivity index (χ1) is 23.2. The summed E-state index contributed by atoms with van der Waals surface area (Å²) in [5, 5.41) is 8.97. The van der Waals surface area contributed by atoms with Crippen LogP contribution in [-0.4, -0.2) is 90.5 Å². The van der Waals surface area contributed by atoms with Crippen molar-refractivity contribution in [3.8, 4) is 16.1 Å². The van der Waals surface area contributed by atoms with E-state index in [1.165, 1.54) is 46.7 Å². The zero-order valence-corrected chi connectivity index (χ0v) is 26.9. The van der Waals surface area contributed by atoms with E-state index >= 15 is 0 Å². The van der Waals surface area contributed by atoms with Crippen LogP contribution < -0.4 is 10.2 Å². The van der Waals surface area contributed by atoms with Crippen LogP contribution in [0.2, 0.25) is 0 Å². The topological polar surface area (TPSA) is 119 Å². The summed E-state index contributed by atoms with van der Waals surface area (Å²) in [6.07, 6.45) is 4.59. The Bertz CT molecular complexity index is 2220. The Hall–Kier alpha value is -5.09. The Morgan fingerprint density at radius 3 is 2.69 bits per heavy atom. The molecule has 2 aliphatic heterocycles. The number of aryl methyl sites for hydroxylation is 1. The highest BCUT2D eigenvalue weighted by Gasteiger charge is 2.41. The number of nitrogens with zero attached hydrogens (tertiary/aromatic N) is 9. The number of anilines is 2. The summed E-state index contributed by atoms with van der Waals surface area (Å²) in [5.74, 6) is -0.889. The smallest absolute Gasteiger partial charge is 0.245 e. The molecule has 0 saturated carbocycles. The molecule has 2 aromatic carbocycles. The maximum atomic E-state index is 14.9. The van der Waals surface area contributed by atoms with Crippen molar-refractivity contribution in [3.05, 3.63) is 72.3 Å². The summed E-state index contributed by atoms with van der Waals surface area (Å²) >= 11 is 1.39. The van der Waals surface area contributed by atoms with Gasteiger partial charge in [0.15, 0.2) is 16.6 Å². The van der Waals surface area contributed by atoms with Crippen molar-refractivity contribution in [2.45, 2.75) is 38.1 Å². The van der Waals surface area contributed by atoms with Crippen molar-refractivity contribution in [1.29, 1.82) is 0 Å². The van der Waals surface area contributed by atoms with Crippen molar-refractivity contribution in [2.75, 3.05) is 37.5 Å². The monoisotopic (exact) mass is 674 g/mol. The predicted molar refractivity (Wildman–Crippen MR) is 174 cm³/mol. The third-order valence-electron chi connectivity index (χ3n) is 9.01. The van der Waals surface area contributed by atoms with Crippen LogP contribution in [0.5, 0.6) is 0 Å². The average molecular weight is 675 g/mol. The number of carbonyl (C=O) groups excluding carboxylic acids is 1. The molecule has 12 nitrogen and oxygen atoms in total. The fourth-order valence-electron chi connectivity index (χ4n) is 6.76. The van der Waals surface area contributed by atoms with Crippen LogP contribution in [0.25, 0.3) is 38.2 Å². The van der Waals surface area contributed by atoms with Gasteiger partial charge in [-0.15, -0.1) is 0 Å². The largest absolute Gasteiger partial charge is 0.378 e. The fourth-order valence-corrected chi connectivity index (χ4v) is 7.67. The van der Waals surface area contributed by atoms with Crippen molar-refractivity contribution in [3.63, 3.8) is 0 Å². The van der Waals surface area contributed by atoms with Gasteiger partial charge in [-0.1, -0.05) is 11.3 Å². The summed E-state index contributed by atoms with van der Waals surface area (Å²) in [5.41, 5.74) is 2.32. The second kappa shape index (κ2) is 11.6. The van der Waals surface area contributed by atoms with Gasteiger partial charge in [0.05, 0.1) is 40.1 Å². The molecule has 246 valence electrons. The van der Waals surface area contributed by atoms with Gasteiger partial charge >= 0.3 is 0 Å². The normalized spacial score (nSPS) is 20.0. The van der Waals surface area contributed by atoms with Gasteiger partial charge < -0.3 is 24.4 Å². The quantitative estimate of drug-likeness (QED) is 0.288. The van der Waals surface area contributed by atoms with Gasteiger partial charge in [0.2, 0.25) is 5.91 Å². The molecular weight excluding hydrogens is 645 g/mol. The second-order valence-corrected chi connectivity index (χ2v) is 13.1. The van der Waals surface area contributed by atoms with Gasteiger partial charge in [0.25, 0.3) is 0 Å². The fraction of sp³-hybridized carbons (Fsp3) is 0.312. The van der Waals surface area contributed by atoms with Crippen LogP contribution in [0.15, 0.2) is 49.1 Å². The Morgan fingerprint density at radius 1 is 1.02 bits per heavy atom. The van der Waals surface area contributed by atoms with E-state index in [1.807, 2.05) is 16.4 Å². The van der Waals surface area contributed by atoms with E-state index < -0.39 is 29.6 Å². The Balaban J connectivity index is 1.21. The molecule has 1 fully saturated rings. The van der Waals surface area contributed by atoms with Crippen molar-refractivity contribution in [2.24, 2.45) is 0 Å². The lowest BCUT2D eigenvalue weighted by atomic mass is 10.1. The molecule has 6 aromatic rings. The number of imidazole rings is 1. The number of ether oxygens (including phenoxy) is 1. The van der Waals surface area contributed by atoms with Gasteiger partial charge in [0, 0.05) is 57.2 Å². The first-order valence-electron chi connectivity index (χ1n) is 15.3. The maximum Gasteiger partial charge on any atom is 0.245 e. The van der Waals surface area contributed by atoms with Crippen LogP contribution in [0.4, 0.5) is 24.1 Å². The minimum atomic E-state index is -0.791. The first-order valence-corrected chi connectivity index (χ1v) is 16.1. The minimum Gasteiger partial charge on any atom is -0.378 e. The highest BCUT2D eigenvalue weighted by molar-refractivity contribution is 7.19. The second-order valence-electron chi connectivity index (χ2n) is 12.0. The number of carbonyl (C=O) groups is 1. The third-order valence-corrected chi connectivity index (χ3v) is 9.97. The van der Waals surface area contributed by atoms with Gasteiger partial charge in [-0.25, -0.2) is 37.8 Å². The van der Waals surface area contributed by atoms with Crippen LogP contribution in [0.1, 0.15) is 12.2 Å². The number of fused-ring (bicyclic) bond motifs is 6. The Labute approximate surface area is 275 Å². The number of amides is 1. The molecule has 4 aromatic heterocycles. The number of hydrogen-bond acceptors (Lipinski definition) is 10. The number of likely N-dealkylation sites (N-methyl/N-ethyl adjacent to an activating group) is 1. The lowest BCUT2D eigenvalue weighted by Crippen LogP contribution is -2.47. The highest BCUT2D eigenvalue weighted by Crippen LogP contribution is 2.38. The van der Waals surface area contributed by atoms with E-state index in [0.29, 0.717) is 58.4 Å². The lowest BCUT2D eigenvalue weighted by molar-refractivity contribution is -0.132. The van der Waals surface area contributed by atoms with E-state index in [2.05, 4.69) is 30.4 Å². The number of rotatable bonds is 3. The molecule has 0 aliphatic carbocycles. The van der Waals surface area contributed by atoms with Crippen LogP contribution >= 0.6 is 11.3 Å². The van der Waals surface area contributed by atoms with Crippen LogP contribution in [0, 0.1) is 24.4 Å². The molecule has 2 aliphatic rings. The number of benzene rings is 2. The number of halogens is 3. The van der Waals surface area contributed by atoms with Gasteiger partial charge in [-0.2, -0.15) is 5.10 Å². The van der Waals surface area contributed by atoms with E-state index in [4.69, 9.17) is 4.74 Å². The standard InChI is InChI=1S/C32H29F3N10O2S/c1-16-40-24-8-18(34)6-21-27-11-36-32(48-27)41-19-9-26(31(46)42(2)13-20(47-3)14-43(16)28(21)24)44(12-19)29-22-10-39-45(30(22)38-15-37-29)25-5-4-17(33)7-23(25)35/h4-8,10-11,15,19-20,26H,9,12-14H2,1-3H3,(H,36,41)/t19-,20?,26-/m0/s1. The molecule has 48 heavy (non-hydrogen) atoms. The molecule has 0 spiro atoms. The Kier molecular flexibility index (Phi) is 7.28. The summed E-state index contributed by atoms with van der Waals surface area (Å²) in [7, 11) is 3.34. The molecule has 8 rings (SSSR count). The van der Waals surface area contributed by atoms with Crippen molar-refractivity contribution < 1.29 is 22.7 Å². The van der Waals surface area contributed by atoms with Crippen molar-refractivity contribution >= 4 is 50.3 Å². The SMILES string of the molecule is COC1CN(C)C(=O)[C@@H]2C[C@@H](CN2c2ncnc3c2cnn3-c2ccc(F)cc2F)Nc2ncc(s2)-c2cc(F)cc3nc(C)n(c23)C1. The molecule has 1 N–H and O–H groups in total. The average Bonchev–Trinajstić information content (AvgIpc) is 3.85.